The van der Waals surface area contributed by atoms with Crippen LogP contribution in [0.2, 0.25) is 0 Å². The Morgan fingerprint density at radius 2 is 2.42 bits per heavy atom. The van der Waals surface area contributed by atoms with Crippen LogP contribution in [0.3, 0.4) is 0 Å². The lowest BCUT2D eigenvalue weighted by atomic mass is 10.3. The molecule has 0 saturated carbocycles. The minimum absolute atomic E-state index is 0.502. The first-order chi connectivity index (χ1) is 5.90. The number of hydrogen-bond donors (Lipinski definition) is 0. The molecule has 3 nitrogen and oxygen atoms in total. The van der Waals surface area contributed by atoms with Crippen molar-refractivity contribution < 1.29 is 9.53 Å². The Hall–Kier alpha value is -1.42. The third-order valence-electron chi connectivity index (χ3n) is 1.46. The van der Waals surface area contributed by atoms with Crippen LogP contribution in [-0.2, 0) is 4.79 Å². The molecule has 1 aromatic carbocycles. The van der Waals surface area contributed by atoms with Crippen molar-refractivity contribution in [3.8, 4) is 5.75 Å². The van der Waals surface area contributed by atoms with Crippen molar-refractivity contribution >= 4 is 28.0 Å². The number of nitrogens with zero attached hydrogens (tertiary/aromatic N) is 1. The van der Waals surface area contributed by atoms with Crippen molar-refractivity contribution in [2.24, 2.45) is 0 Å². The van der Waals surface area contributed by atoms with Crippen LogP contribution >= 0.6 is 11.3 Å². The highest BCUT2D eigenvalue weighted by Gasteiger charge is 1.98. The third-order valence-corrected chi connectivity index (χ3v) is 2.25. The molecule has 0 spiro atoms. The van der Waals surface area contributed by atoms with Gasteiger partial charge in [-0.1, -0.05) is 0 Å². The molecule has 1 heterocycles. The summed E-state index contributed by atoms with van der Waals surface area (Å²) >= 11 is 1.51. The quantitative estimate of drug-likeness (QED) is 0.703. The van der Waals surface area contributed by atoms with Crippen LogP contribution in [0.5, 0.6) is 5.75 Å². The molecular weight excluding hydrogens is 174 g/mol. The minimum atomic E-state index is 0.502. The Balaban J connectivity index is 2.52. The maximum atomic E-state index is 9.89. The lowest BCUT2D eigenvalue weighted by Gasteiger charge is -1.93. The number of aromatic nitrogens is 1. The SMILES string of the molecule is O=[C]Oc1ccc2ncsc2c1. The van der Waals surface area contributed by atoms with Gasteiger partial charge in [0.05, 0.1) is 15.7 Å². The van der Waals surface area contributed by atoms with Crippen LogP contribution in [0.25, 0.3) is 10.2 Å². The van der Waals surface area contributed by atoms with Gasteiger partial charge in [0.2, 0.25) is 0 Å². The van der Waals surface area contributed by atoms with Crippen molar-refractivity contribution in [1.29, 1.82) is 0 Å². The van der Waals surface area contributed by atoms with E-state index in [1.54, 1.807) is 23.7 Å². The Morgan fingerprint density at radius 3 is 3.25 bits per heavy atom. The summed E-state index contributed by atoms with van der Waals surface area (Å²) in [5.74, 6) is 0.502. The highest BCUT2D eigenvalue weighted by atomic mass is 32.1. The van der Waals surface area contributed by atoms with E-state index in [0.717, 1.165) is 10.2 Å². The second kappa shape index (κ2) is 2.91. The number of ether oxygens (including phenoxy) is 1. The third kappa shape index (κ3) is 1.16. The Labute approximate surface area is 72.6 Å². The van der Waals surface area contributed by atoms with E-state index in [1.807, 2.05) is 0 Å². The molecule has 2 aromatic rings. The van der Waals surface area contributed by atoms with E-state index in [2.05, 4.69) is 9.72 Å². The van der Waals surface area contributed by atoms with Crippen molar-refractivity contribution in [3.63, 3.8) is 0 Å². The molecule has 0 fully saturated rings. The molecule has 12 heavy (non-hydrogen) atoms. The zero-order chi connectivity index (χ0) is 8.39. The molecule has 0 aliphatic heterocycles. The predicted octanol–water partition coefficient (Wildman–Crippen LogP) is 1.74. The average molecular weight is 178 g/mol. The van der Waals surface area contributed by atoms with Gasteiger partial charge < -0.3 is 4.74 Å². The molecular formula is C8H4NO2S. The van der Waals surface area contributed by atoms with Crippen molar-refractivity contribution in [2.75, 3.05) is 0 Å². The van der Waals surface area contributed by atoms with Gasteiger partial charge in [-0.05, 0) is 12.1 Å². The van der Waals surface area contributed by atoms with Crippen LogP contribution in [0.15, 0.2) is 23.7 Å². The van der Waals surface area contributed by atoms with E-state index in [9.17, 15) is 4.79 Å². The summed E-state index contributed by atoms with van der Waals surface area (Å²) in [6, 6.07) is 5.25. The summed E-state index contributed by atoms with van der Waals surface area (Å²) < 4.78 is 5.56. The molecule has 0 amide bonds. The molecule has 0 bridgehead atoms. The summed E-state index contributed by atoms with van der Waals surface area (Å²) in [6.07, 6.45) is 0. The van der Waals surface area contributed by atoms with E-state index in [1.165, 1.54) is 17.8 Å². The zero-order valence-electron chi connectivity index (χ0n) is 5.98. The van der Waals surface area contributed by atoms with Crippen LogP contribution in [0.1, 0.15) is 0 Å². The maximum Gasteiger partial charge on any atom is 0.423 e. The van der Waals surface area contributed by atoms with Crippen LogP contribution in [0, 0.1) is 0 Å². The van der Waals surface area contributed by atoms with E-state index in [0.29, 0.717) is 5.75 Å². The number of rotatable bonds is 2. The summed E-state index contributed by atoms with van der Waals surface area (Å²) in [5.41, 5.74) is 2.66. The van der Waals surface area contributed by atoms with Gasteiger partial charge in [0.1, 0.15) is 5.75 Å². The van der Waals surface area contributed by atoms with Gasteiger partial charge in [0.25, 0.3) is 0 Å². The van der Waals surface area contributed by atoms with Crippen LogP contribution < -0.4 is 4.74 Å². The molecule has 1 aromatic heterocycles. The number of hydrogen-bond acceptors (Lipinski definition) is 4. The standard InChI is InChI=1S/C8H4NO2S/c10-5-11-6-1-2-7-8(3-6)12-4-9-7/h1-4H. The number of carbonyl (C=O) groups excluding carboxylic acids is 1. The highest BCUT2D eigenvalue weighted by Crippen LogP contribution is 2.22. The molecule has 0 saturated heterocycles. The second-order valence-corrected chi connectivity index (χ2v) is 3.05. The summed E-state index contributed by atoms with van der Waals surface area (Å²) in [7, 11) is 0. The Morgan fingerprint density at radius 1 is 1.50 bits per heavy atom. The van der Waals surface area contributed by atoms with E-state index < -0.39 is 0 Å². The largest absolute Gasteiger partial charge is 0.423 e. The van der Waals surface area contributed by atoms with Gasteiger partial charge in [0.15, 0.2) is 0 Å². The van der Waals surface area contributed by atoms with Gasteiger partial charge in [-0.15, -0.1) is 11.3 Å². The maximum absolute atomic E-state index is 9.89. The first kappa shape index (κ1) is 7.24. The summed E-state index contributed by atoms with van der Waals surface area (Å²) in [5, 5.41) is 0. The fourth-order valence-electron chi connectivity index (χ4n) is 0.947. The molecule has 1 radical (unpaired) electrons. The average Bonchev–Trinajstić information content (AvgIpc) is 2.51. The van der Waals surface area contributed by atoms with Crippen molar-refractivity contribution in [2.45, 2.75) is 0 Å². The van der Waals surface area contributed by atoms with Crippen molar-refractivity contribution in [3.05, 3.63) is 23.7 Å². The molecule has 2 rings (SSSR count). The lowest BCUT2D eigenvalue weighted by Crippen LogP contribution is -1.86. The minimum Gasteiger partial charge on any atom is -0.418 e. The van der Waals surface area contributed by atoms with Crippen LogP contribution in [-0.4, -0.2) is 11.5 Å². The van der Waals surface area contributed by atoms with Crippen LogP contribution in [0.4, 0.5) is 0 Å². The number of fused-ring (bicyclic) bond motifs is 1. The molecule has 4 heteroatoms. The second-order valence-electron chi connectivity index (χ2n) is 2.17. The monoisotopic (exact) mass is 178 g/mol. The first-order valence-corrected chi connectivity index (χ1v) is 4.15. The fourth-order valence-corrected chi connectivity index (χ4v) is 1.65. The molecule has 0 aliphatic rings. The lowest BCUT2D eigenvalue weighted by molar-refractivity contribution is 0.443. The highest BCUT2D eigenvalue weighted by molar-refractivity contribution is 7.16. The fraction of sp³-hybridized carbons (Fsp3) is 0. The van der Waals surface area contributed by atoms with Gasteiger partial charge in [-0.3, -0.25) is 0 Å². The summed E-state index contributed by atoms with van der Waals surface area (Å²) in [4.78, 5) is 14.0. The molecule has 0 atom stereocenters. The van der Waals surface area contributed by atoms with E-state index >= 15 is 0 Å². The topological polar surface area (TPSA) is 39.2 Å². The smallest absolute Gasteiger partial charge is 0.418 e. The normalized spacial score (nSPS) is 10.0. The van der Waals surface area contributed by atoms with E-state index in [-0.39, 0.29) is 0 Å². The molecule has 0 N–H and O–H groups in total. The molecule has 0 unspecified atom stereocenters. The zero-order valence-corrected chi connectivity index (χ0v) is 6.80. The van der Waals surface area contributed by atoms with E-state index in [4.69, 9.17) is 0 Å². The first-order valence-electron chi connectivity index (χ1n) is 3.27. The number of thiazole rings is 1. The Kier molecular flexibility index (Phi) is 1.75. The molecule has 59 valence electrons. The summed E-state index contributed by atoms with van der Waals surface area (Å²) in [6.45, 7) is 1.38. The predicted molar refractivity (Wildman–Crippen MR) is 45.9 cm³/mol. The number of benzene rings is 1. The Bertz CT molecular complexity index is 410. The van der Waals surface area contributed by atoms with Gasteiger partial charge in [0, 0.05) is 6.07 Å². The van der Waals surface area contributed by atoms with Gasteiger partial charge in [-0.25, -0.2) is 9.78 Å². The van der Waals surface area contributed by atoms with Gasteiger partial charge >= 0.3 is 6.47 Å². The van der Waals surface area contributed by atoms with Gasteiger partial charge in [-0.2, -0.15) is 0 Å². The molecule has 0 aliphatic carbocycles. The van der Waals surface area contributed by atoms with Crippen molar-refractivity contribution in [1.82, 2.24) is 4.98 Å².